The lowest BCUT2D eigenvalue weighted by molar-refractivity contribution is 0.102. The highest BCUT2D eigenvalue weighted by atomic mass is 35.5. The van der Waals surface area contributed by atoms with Crippen LogP contribution in [0, 0.1) is 13.8 Å². The first-order valence-corrected chi connectivity index (χ1v) is 10.3. The molecule has 2 N–H and O–H groups in total. The van der Waals surface area contributed by atoms with Crippen molar-refractivity contribution in [3.05, 3.63) is 115 Å². The Kier molecular flexibility index (Phi) is 5.79. The topological polar surface area (TPSA) is 84.0 Å². The molecule has 3 aromatic carbocycles. The van der Waals surface area contributed by atoms with E-state index in [-0.39, 0.29) is 5.91 Å². The average Bonchev–Trinajstić information content (AvgIpc) is 2.79. The molecule has 0 aliphatic rings. The average molecular weight is 446 g/mol. The molecule has 0 saturated carbocycles. The second-order valence-electron chi connectivity index (χ2n) is 7.49. The van der Waals surface area contributed by atoms with Crippen molar-refractivity contribution in [1.29, 1.82) is 0 Å². The van der Waals surface area contributed by atoms with Crippen molar-refractivity contribution in [2.24, 2.45) is 0 Å². The molecule has 1 aromatic heterocycles. The van der Waals surface area contributed by atoms with Crippen LogP contribution in [0.25, 0.3) is 16.8 Å². The highest BCUT2D eigenvalue weighted by Crippen LogP contribution is 2.26. The number of hydrogen-bond acceptors (Lipinski definition) is 3. The number of carbonyl (C=O) groups is 1. The number of carbonyl (C=O) groups excluding carboxylic acids is 1. The standard InChI is InChI=1S/C25H20ClN3O3/c1-15-6-7-18(13-22(15)26)17-4-3-5-19(12-17)24(31)27-20-8-10-21(11-9-20)29-14-16(2)23(30)28-25(29)32/h3-14H,1-2H3,(H,27,31)(H,28,30,32). The molecule has 7 heteroatoms. The molecule has 4 rings (SSSR count). The third-order valence-electron chi connectivity index (χ3n) is 5.15. The molecule has 1 heterocycles. The van der Waals surface area contributed by atoms with Crippen LogP contribution in [-0.4, -0.2) is 15.5 Å². The maximum absolute atomic E-state index is 12.8. The van der Waals surface area contributed by atoms with Gasteiger partial charge < -0.3 is 5.32 Å². The van der Waals surface area contributed by atoms with Crippen LogP contribution < -0.4 is 16.6 Å². The van der Waals surface area contributed by atoms with E-state index in [4.69, 9.17) is 11.6 Å². The van der Waals surface area contributed by atoms with Gasteiger partial charge in [0.15, 0.2) is 0 Å². The summed E-state index contributed by atoms with van der Waals surface area (Å²) < 4.78 is 1.35. The van der Waals surface area contributed by atoms with E-state index in [9.17, 15) is 14.4 Å². The molecule has 32 heavy (non-hydrogen) atoms. The minimum Gasteiger partial charge on any atom is -0.322 e. The number of aromatic amines is 1. The number of anilines is 1. The van der Waals surface area contributed by atoms with Crippen molar-refractivity contribution in [3.63, 3.8) is 0 Å². The number of aryl methyl sites for hydroxylation is 2. The number of H-pyrrole nitrogens is 1. The predicted octanol–water partition coefficient (Wildman–Crippen LogP) is 4.72. The summed E-state index contributed by atoms with van der Waals surface area (Å²) in [4.78, 5) is 38.7. The van der Waals surface area contributed by atoms with Crippen LogP contribution in [0.1, 0.15) is 21.5 Å². The Labute approximate surface area is 189 Å². The lowest BCUT2D eigenvalue weighted by Gasteiger charge is -2.10. The van der Waals surface area contributed by atoms with Crippen LogP contribution in [-0.2, 0) is 0 Å². The molecular weight excluding hydrogens is 426 g/mol. The van der Waals surface area contributed by atoms with Crippen LogP contribution in [0.4, 0.5) is 5.69 Å². The Morgan fingerprint density at radius 1 is 0.906 bits per heavy atom. The van der Waals surface area contributed by atoms with Gasteiger partial charge in [0, 0.05) is 28.0 Å². The Hall–Kier alpha value is -3.90. The van der Waals surface area contributed by atoms with E-state index in [0.717, 1.165) is 16.7 Å². The summed E-state index contributed by atoms with van der Waals surface area (Å²) in [6.45, 7) is 3.57. The lowest BCUT2D eigenvalue weighted by Crippen LogP contribution is -2.29. The minimum atomic E-state index is -0.523. The monoisotopic (exact) mass is 445 g/mol. The molecule has 0 unspecified atom stereocenters. The van der Waals surface area contributed by atoms with Crippen molar-refractivity contribution >= 4 is 23.2 Å². The zero-order chi connectivity index (χ0) is 22.8. The third-order valence-corrected chi connectivity index (χ3v) is 5.56. The van der Waals surface area contributed by atoms with Crippen LogP contribution in [0.3, 0.4) is 0 Å². The van der Waals surface area contributed by atoms with E-state index < -0.39 is 11.2 Å². The molecule has 0 atom stereocenters. The smallest absolute Gasteiger partial charge is 0.322 e. The molecule has 0 fully saturated rings. The number of amides is 1. The van der Waals surface area contributed by atoms with E-state index in [1.165, 1.54) is 10.8 Å². The molecule has 6 nitrogen and oxygen atoms in total. The molecule has 0 aliphatic heterocycles. The number of nitrogens with zero attached hydrogens (tertiary/aromatic N) is 1. The maximum atomic E-state index is 12.8. The van der Waals surface area contributed by atoms with Crippen molar-refractivity contribution in [2.75, 3.05) is 5.32 Å². The summed E-state index contributed by atoms with van der Waals surface area (Å²) in [5.41, 5.74) is 3.97. The van der Waals surface area contributed by atoms with Gasteiger partial charge in [0.05, 0.1) is 5.69 Å². The Morgan fingerprint density at radius 2 is 1.62 bits per heavy atom. The van der Waals surface area contributed by atoms with Gasteiger partial charge in [-0.15, -0.1) is 0 Å². The van der Waals surface area contributed by atoms with Crippen LogP contribution in [0.5, 0.6) is 0 Å². The maximum Gasteiger partial charge on any atom is 0.332 e. The molecule has 0 radical (unpaired) electrons. The number of rotatable bonds is 4. The van der Waals surface area contributed by atoms with Gasteiger partial charge in [-0.25, -0.2) is 4.79 Å². The second kappa shape index (κ2) is 8.69. The molecule has 1 amide bonds. The number of hydrogen-bond donors (Lipinski definition) is 2. The normalized spacial score (nSPS) is 10.7. The zero-order valence-corrected chi connectivity index (χ0v) is 18.2. The van der Waals surface area contributed by atoms with Gasteiger partial charge in [0.25, 0.3) is 11.5 Å². The van der Waals surface area contributed by atoms with Gasteiger partial charge in [-0.3, -0.25) is 19.1 Å². The van der Waals surface area contributed by atoms with Crippen molar-refractivity contribution < 1.29 is 4.79 Å². The van der Waals surface area contributed by atoms with Gasteiger partial charge in [-0.2, -0.15) is 0 Å². The van der Waals surface area contributed by atoms with Crippen LogP contribution in [0.15, 0.2) is 82.5 Å². The quantitative estimate of drug-likeness (QED) is 0.477. The van der Waals surface area contributed by atoms with Crippen molar-refractivity contribution in [2.45, 2.75) is 13.8 Å². The molecule has 0 spiro atoms. The highest BCUT2D eigenvalue weighted by Gasteiger charge is 2.10. The SMILES string of the molecule is Cc1ccc(-c2cccc(C(=O)Nc3ccc(-n4cc(C)c(=O)[nH]c4=O)cc3)c2)cc1Cl. The minimum absolute atomic E-state index is 0.255. The number of benzene rings is 3. The first-order chi connectivity index (χ1) is 15.3. The van der Waals surface area contributed by atoms with Crippen molar-refractivity contribution in [1.82, 2.24) is 9.55 Å². The van der Waals surface area contributed by atoms with Gasteiger partial charge in [-0.05, 0) is 73.0 Å². The third kappa shape index (κ3) is 4.40. The van der Waals surface area contributed by atoms with Gasteiger partial charge in [0.2, 0.25) is 0 Å². The fraction of sp³-hybridized carbons (Fsp3) is 0.0800. The van der Waals surface area contributed by atoms with Gasteiger partial charge in [-0.1, -0.05) is 35.9 Å². The van der Waals surface area contributed by atoms with Gasteiger partial charge >= 0.3 is 5.69 Å². The summed E-state index contributed by atoms with van der Waals surface area (Å²) in [5.74, 6) is -0.255. The summed E-state index contributed by atoms with van der Waals surface area (Å²) in [7, 11) is 0. The Bertz CT molecular complexity index is 1440. The molecule has 4 aromatic rings. The molecule has 0 bridgehead atoms. The summed E-state index contributed by atoms with van der Waals surface area (Å²) >= 11 is 6.24. The fourth-order valence-corrected chi connectivity index (χ4v) is 3.46. The zero-order valence-electron chi connectivity index (χ0n) is 17.5. The fourth-order valence-electron chi connectivity index (χ4n) is 3.28. The molecule has 0 saturated heterocycles. The second-order valence-corrected chi connectivity index (χ2v) is 7.89. The lowest BCUT2D eigenvalue weighted by atomic mass is 10.0. The summed E-state index contributed by atoms with van der Waals surface area (Å²) in [6.07, 6.45) is 1.48. The van der Waals surface area contributed by atoms with Crippen LogP contribution >= 0.6 is 11.6 Å². The number of halogens is 1. The Morgan fingerprint density at radius 3 is 2.34 bits per heavy atom. The van der Waals surface area contributed by atoms with Crippen molar-refractivity contribution in [3.8, 4) is 16.8 Å². The first-order valence-electron chi connectivity index (χ1n) is 9.93. The summed E-state index contributed by atoms with van der Waals surface area (Å²) in [5, 5.41) is 3.54. The van der Waals surface area contributed by atoms with E-state index in [1.54, 1.807) is 37.3 Å². The van der Waals surface area contributed by atoms with Gasteiger partial charge in [0.1, 0.15) is 0 Å². The van der Waals surface area contributed by atoms with Crippen LogP contribution in [0.2, 0.25) is 5.02 Å². The number of nitrogens with one attached hydrogen (secondary N) is 2. The summed E-state index contributed by atoms with van der Waals surface area (Å²) in [6, 6.07) is 19.9. The highest BCUT2D eigenvalue weighted by molar-refractivity contribution is 6.31. The number of aromatic nitrogens is 2. The molecular formula is C25H20ClN3O3. The predicted molar refractivity (Wildman–Crippen MR) is 127 cm³/mol. The first kappa shape index (κ1) is 21.3. The molecule has 160 valence electrons. The van der Waals surface area contributed by atoms with E-state index in [2.05, 4.69) is 10.3 Å². The van der Waals surface area contributed by atoms with E-state index in [1.807, 2.05) is 43.3 Å². The Balaban J connectivity index is 1.55. The van der Waals surface area contributed by atoms with E-state index in [0.29, 0.717) is 27.5 Å². The van der Waals surface area contributed by atoms with E-state index >= 15 is 0 Å². The largest absolute Gasteiger partial charge is 0.332 e. The molecule has 0 aliphatic carbocycles.